The van der Waals surface area contributed by atoms with Crippen LogP contribution in [0.3, 0.4) is 0 Å². The molecule has 0 radical (unpaired) electrons. The van der Waals surface area contributed by atoms with Gasteiger partial charge in [0.25, 0.3) is 0 Å². The Labute approximate surface area is 206 Å². The zero-order valence-corrected chi connectivity index (χ0v) is 20.2. The summed E-state index contributed by atoms with van der Waals surface area (Å²) in [4.78, 5) is 7.74. The number of para-hydroxylation sites is 1. The second-order valence-electron chi connectivity index (χ2n) is 10.1. The van der Waals surface area contributed by atoms with Crippen LogP contribution >= 0.6 is 0 Å². The summed E-state index contributed by atoms with van der Waals surface area (Å²) in [5, 5.41) is 1.28. The van der Waals surface area contributed by atoms with Crippen LogP contribution in [-0.4, -0.2) is 28.5 Å². The summed E-state index contributed by atoms with van der Waals surface area (Å²) in [6.45, 7) is 4.69. The zero-order chi connectivity index (χ0) is 23.7. The third-order valence-electron chi connectivity index (χ3n) is 7.80. The Morgan fingerprint density at radius 2 is 1.57 bits per heavy atom. The molecule has 4 aromatic rings. The van der Waals surface area contributed by atoms with Gasteiger partial charge in [-0.05, 0) is 17.2 Å². The highest BCUT2D eigenvalue weighted by Crippen LogP contribution is 2.53. The highest BCUT2D eigenvalue weighted by molar-refractivity contribution is 6.09. The van der Waals surface area contributed by atoms with Crippen molar-refractivity contribution in [3.8, 4) is 11.1 Å². The van der Waals surface area contributed by atoms with E-state index in [1.165, 1.54) is 38.9 Å². The van der Waals surface area contributed by atoms with Crippen molar-refractivity contribution in [2.24, 2.45) is 4.99 Å². The highest BCUT2D eigenvalue weighted by atomic mass is 15.3. The fourth-order valence-electron chi connectivity index (χ4n) is 6.18. The molecule has 0 amide bonds. The number of rotatable bonds is 1. The van der Waals surface area contributed by atoms with E-state index in [0.717, 1.165) is 17.2 Å². The predicted octanol–water partition coefficient (Wildman–Crippen LogP) is 7.00. The van der Waals surface area contributed by atoms with Gasteiger partial charge in [0.05, 0.1) is 17.3 Å². The van der Waals surface area contributed by atoms with Crippen molar-refractivity contribution in [2.75, 3.05) is 7.05 Å². The standard InChI is InChI=1S/C32H27N3/c1-32(2)25-18-10-7-15-22(25)28-23-16-8-12-20-27(23)35(30(28)32)31-33-29(21-13-5-4-6-14-21)24-17-9-11-19-26(24)34(31)3/h4-20,26H,1-3H3. The SMILES string of the molecule is CN1C(n2c3c(c4ccccc42)-c2ccccc2C3(C)C)=NC(c2ccccc2)=C2C=CC=CC21. The highest BCUT2D eigenvalue weighted by Gasteiger charge is 2.42. The molecule has 2 aliphatic carbocycles. The van der Waals surface area contributed by atoms with Gasteiger partial charge in [-0.2, -0.15) is 0 Å². The Balaban J connectivity index is 1.57. The summed E-state index contributed by atoms with van der Waals surface area (Å²) in [6, 6.07) is 28.4. The van der Waals surface area contributed by atoms with Crippen molar-refractivity contribution in [2.45, 2.75) is 25.3 Å². The van der Waals surface area contributed by atoms with Gasteiger partial charge in [-0.1, -0.05) is 111 Å². The normalized spacial score (nSPS) is 19.6. The molecule has 35 heavy (non-hydrogen) atoms. The van der Waals surface area contributed by atoms with Crippen molar-refractivity contribution in [1.82, 2.24) is 9.47 Å². The van der Waals surface area contributed by atoms with Gasteiger partial charge >= 0.3 is 0 Å². The molecular weight excluding hydrogens is 426 g/mol. The largest absolute Gasteiger partial charge is 0.334 e. The second-order valence-corrected chi connectivity index (χ2v) is 10.1. The molecule has 0 fully saturated rings. The van der Waals surface area contributed by atoms with E-state index in [4.69, 9.17) is 4.99 Å². The van der Waals surface area contributed by atoms with Crippen LogP contribution in [0.1, 0.15) is 30.7 Å². The van der Waals surface area contributed by atoms with Gasteiger partial charge in [-0.15, -0.1) is 0 Å². The first-order valence-corrected chi connectivity index (χ1v) is 12.3. The lowest BCUT2D eigenvalue weighted by Crippen LogP contribution is -2.45. The Morgan fingerprint density at radius 1 is 0.829 bits per heavy atom. The summed E-state index contributed by atoms with van der Waals surface area (Å²) in [6.07, 6.45) is 8.75. The van der Waals surface area contributed by atoms with Gasteiger partial charge in [0.15, 0.2) is 0 Å². The van der Waals surface area contributed by atoms with Crippen LogP contribution in [0.15, 0.2) is 114 Å². The van der Waals surface area contributed by atoms with E-state index in [0.29, 0.717) is 0 Å². The zero-order valence-electron chi connectivity index (χ0n) is 20.2. The van der Waals surface area contributed by atoms with Crippen molar-refractivity contribution in [1.29, 1.82) is 0 Å². The van der Waals surface area contributed by atoms with Crippen molar-refractivity contribution < 1.29 is 0 Å². The summed E-state index contributed by atoms with van der Waals surface area (Å²) >= 11 is 0. The van der Waals surface area contributed by atoms with Crippen LogP contribution in [0.4, 0.5) is 0 Å². The maximum Gasteiger partial charge on any atom is 0.211 e. The number of nitrogens with zero attached hydrogens (tertiary/aromatic N) is 3. The van der Waals surface area contributed by atoms with Crippen LogP contribution in [0, 0.1) is 0 Å². The van der Waals surface area contributed by atoms with E-state index < -0.39 is 0 Å². The van der Waals surface area contributed by atoms with Crippen LogP contribution in [0.25, 0.3) is 27.7 Å². The number of likely N-dealkylation sites (N-methyl/N-ethyl adjacent to an activating group) is 1. The van der Waals surface area contributed by atoms with E-state index in [1.807, 2.05) is 0 Å². The fraction of sp³-hybridized carbons (Fsp3) is 0.156. The Morgan fingerprint density at radius 3 is 2.43 bits per heavy atom. The van der Waals surface area contributed by atoms with E-state index in [9.17, 15) is 0 Å². The number of aliphatic imine (C=N–C) groups is 1. The molecule has 0 saturated carbocycles. The molecule has 7 rings (SSSR count). The number of fused-ring (bicyclic) bond motifs is 6. The van der Waals surface area contributed by atoms with E-state index in [1.54, 1.807) is 0 Å². The second kappa shape index (κ2) is 7.19. The molecule has 0 bridgehead atoms. The topological polar surface area (TPSA) is 20.5 Å². The quantitative estimate of drug-likeness (QED) is 0.304. The Kier molecular flexibility index (Phi) is 4.17. The molecule has 0 saturated heterocycles. The van der Waals surface area contributed by atoms with E-state index >= 15 is 0 Å². The molecule has 1 unspecified atom stereocenters. The molecule has 1 aliphatic heterocycles. The lowest BCUT2D eigenvalue weighted by molar-refractivity contribution is 0.449. The molecular formula is C32H27N3. The van der Waals surface area contributed by atoms with Gasteiger partial charge in [0.2, 0.25) is 5.96 Å². The molecule has 3 aliphatic rings. The summed E-state index contributed by atoms with van der Waals surface area (Å²) in [5.41, 5.74) is 9.86. The first-order valence-electron chi connectivity index (χ1n) is 12.3. The molecule has 170 valence electrons. The van der Waals surface area contributed by atoms with Crippen LogP contribution < -0.4 is 0 Å². The number of allylic oxidation sites excluding steroid dienone is 2. The van der Waals surface area contributed by atoms with Gasteiger partial charge in [0.1, 0.15) is 0 Å². The number of hydrogen-bond acceptors (Lipinski definition) is 2. The van der Waals surface area contributed by atoms with Gasteiger partial charge in [-0.25, -0.2) is 4.99 Å². The smallest absolute Gasteiger partial charge is 0.211 e. The molecule has 1 aromatic heterocycles. The molecule has 3 aromatic carbocycles. The third-order valence-corrected chi connectivity index (χ3v) is 7.80. The van der Waals surface area contributed by atoms with Crippen LogP contribution in [0.2, 0.25) is 0 Å². The molecule has 2 heterocycles. The van der Waals surface area contributed by atoms with E-state index in [2.05, 4.69) is 134 Å². The van der Waals surface area contributed by atoms with E-state index in [-0.39, 0.29) is 11.5 Å². The average molecular weight is 454 g/mol. The average Bonchev–Trinajstić information content (AvgIpc) is 3.36. The summed E-state index contributed by atoms with van der Waals surface area (Å²) in [7, 11) is 2.17. The van der Waals surface area contributed by atoms with Crippen molar-refractivity contribution in [3.05, 3.63) is 126 Å². The number of hydrogen-bond donors (Lipinski definition) is 0. The van der Waals surface area contributed by atoms with Crippen LogP contribution in [0.5, 0.6) is 0 Å². The molecule has 3 heteroatoms. The minimum absolute atomic E-state index is 0.131. The monoisotopic (exact) mass is 453 g/mol. The van der Waals surface area contributed by atoms with Crippen molar-refractivity contribution >= 4 is 22.6 Å². The van der Waals surface area contributed by atoms with Gasteiger partial charge in [0, 0.05) is 40.2 Å². The van der Waals surface area contributed by atoms with Gasteiger partial charge in [-0.3, -0.25) is 4.57 Å². The number of benzene rings is 3. The Bertz CT molecular complexity index is 1630. The fourth-order valence-corrected chi connectivity index (χ4v) is 6.18. The van der Waals surface area contributed by atoms with Gasteiger partial charge < -0.3 is 4.90 Å². The van der Waals surface area contributed by atoms with Crippen LogP contribution in [-0.2, 0) is 5.41 Å². The minimum Gasteiger partial charge on any atom is -0.334 e. The minimum atomic E-state index is -0.145. The molecule has 1 atom stereocenters. The maximum absolute atomic E-state index is 5.42. The first kappa shape index (κ1) is 20.3. The predicted molar refractivity (Wildman–Crippen MR) is 146 cm³/mol. The lowest BCUT2D eigenvalue weighted by atomic mass is 9.85. The molecule has 0 spiro atoms. The summed E-state index contributed by atoms with van der Waals surface area (Å²) < 4.78 is 2.43. The molecule has 0 N–H and O–H groups in total. The maximum atomic E-state index is 5.42. The lowest BCUT2D eigenvalue weighted by Gasteiger charge is -2.37. The number of aromatic nitrogens is 1. The third kappa shape index (κ3) is 2.69. The summed E-state index contributed by atoms with van der Waals surface area (Å²) in [5.74, 6) is 0.968. The first-order chi connectivity index (χ1) is 17.1. The van der Waals surface area contributed by atoms with Crippen molar-refractivity contribution in [3.63, 3.8) is 0 Å². The molecule has 3 nitrogen and oxygen atoms in total. The Hall–Kier alpha value is -4.11.